The average molecular weight is 277 g/mol. The SMILES string of the molecule is Cc1nc(C(F)(F)F)nn1I. The van der Waals surface area contributed by atoms with Gasteiger partial charge in [0.2, 0.25) is 0 Å². The van der Waals surface area contributed by atoms with E-state index in [1.54, 1.807) is 22.9 Å². The molecule has 1 heterocycles. The Morgan fingerprint density at radius 1 is 1.45 bits per heavy atom. The van der Waals surface area contributed by atoms with Crippen LogP contribution < -0.4 is 0 Å². The molecule has 1 aromatic heterocycles. The summed E-state index contributed by atoms with van der Waals surface area (Å²) in [5.74, 6) is -0.859. The van der Waals surface area contributed by atoms with Crippen molar-refractivity contribution in [3.63, 3.8) is 0 Å². The molecule has 0 saturated carbocycles. The first-order chi connectivity index (χ1) is 4.91. The van der Waals surface area contributed by atoms with Gasteiger partial charge in [0, 0.05) is 0 Å². The zero-order valence-corrected chi connectivity index (χ0v) is 7.51. The van der Waals surface area contributed by atoms with Crippen LogP contribution in [0, 0.1) is 6.92 Å². The molecule has 0 N–H and O–H groups in total. The molecule has 0 fully saturated rings. The Kier molecular flexibility index (Phi) is 2.08. The first-order valence-corrected chi connectivity index (χ1v) is 3.55. The van der Waals surface area contributed by atoms with Crippen molar-refractivity contribution in [2.75, 3.05) is 0 Å². The van der Waals surface area contributed by atoms with E-state index in [2.05, 4.69) is 10.1 Å². The minimum atomic E-state index is -4.44. The molecule has 0 radical (unpaired) electrons. The minimum absolute atomic E-state index is 0.234. The highest BCUT2D eigenvalue weighted by molar-refractivity contribution is 14.1. The monoisotopic (exact) mass is 277 g/mol. The minimum Gasteiger partial charge on any atom is -0.207 e. The van der Waals surface area contributed by atoms with Gasteiger partial charge < -0.3 is 0 Å². The summed E-state index contributed by atoms with van der Waals surface area (Å²) in [7, 11) is 0. The molecule has 1 aromatic rings. The molecule has 0 aliphatic carbocycles. The van der Waals surface area contributed by atoms with Crippen molar-refractivity contribution in [3.05, 3.63) is 11.6 Å². The smallest absolute Gasteiger partial charge is 0.207 e. The Balaban J connectivity index is 3.08. The second kappa shape index (κ2) is 2.61. The number of rotatable bonds is 0. The normalized spacial score (nSPS) is 12.1. The molecule has 1 rings (SSSR count). The van der Waals surface area contributed by atoms with Crippen LogP contribution in [0.25, 0.3) is 0 Å². The highest BCUT2D eigenvalue weighted by atomic mass is 127. The van der Waals surface area contributed by atoms with Crippen LogP contribution in [0.4, 0.5) is 13.2 Å². The van der Waals surface area contributed by atoms with Crippen molar-refractivity contribution >= 4 is 22.9 Å². The summed E-state index contributed by atoms with van der Waals surface area (Å²) in [5, 5.41) is 3.15. The highest BCUT2D eigenvalue weighted by Gasteiger charge is 2.36. The summed E-state index contributed by atoms with van der Waals surface area (Å²) < 4.78 is 36.6. The number of nitrogens with zero attached hydrogens (tertiary/aromatic N) is 3. The average Bonchev–Trinajstić information content (AvgIpc) is 2.11. The summed E-state index contributed by atoms with van der Waals surface area (Å²) in [6.07, 6.45) is -4.44. The van der Waals surface area contributed by atoms with Gasteiger partial charge in [-0.1, -0.05) is 0 Å². The summed E-state index contributed by atoms with van der Waals surface area (Å²) in [6.45, 7) is 1.45. The van der Waals surface area contributed by atoms with Gasteiger partial charge in [0.15, 0.2) is 0 Å². The van der Waals surface area contributed by atoms with Gasteiger partial charge in [-0.25, -0.2) is 4.98 Å². The molecule has 0 spiro atoms. The second-order valence-corrected chi connectivity index (χ2v) is 2.75. The molecule has 0 bridgehead atoms. The third-order valence-corrected chi connectivity index (χ3v) is 1.88. The molecular formula is C4H3F3IN3. The summed E-state index contributed by atoms with van der Waals surface area (Å²) in [6, 6.07) is 0. The molecule has 0 saturated heterocycles. The van der Waals surface area contributed by atoms with Crippen molar-refractivity contribution in [1.82, 2.24) is 13.0 Å². The number of hydrogen-bond donors (Lipinski definition) is 0. The molecule has 0 aliphatic heterocycles. The van der Waals surface area contributed by atoms with Gasteiger partial charge in [-0.3, -0.25) is 0 Å². The van der Waals surface area contributed by atoms with Gasteiger partial charge in [0.1, 0.15) is 5.82 Å². The third kappa shape index (κ3) is 1.82. The van der Waals surface area contributed by atoms with E-state index in [4.69, 9.17) is 0 Å². The molecule has 0 aliphatic rings. The van der Waals surface area contributed by atoms with Gasteiger partial charge in [-0.05, 0) is 6.92 Å². The lowest BCUT2D eigenvalue weighted by Crippen LogP contribution is -2.07. The molecule has 11 heavy (non-hydrogen) atoms. The van der Waals surface area contributed by atoms with E-state index in [0.717, 1.165) is 2.90 Å². The number of halogens is 4. The first-order valence-electron chi connectivity index (χ1n) is 2.58. The van der Waals surface area contributed by atoms with Crippen LogP contribution in [0.5, 0.6) is 0 Å². The van der Waals surface area contributed by atoms with Crippen LogP contribution in [0.3, 0.4) is 0 Å². The summed E-state index contributed by atoms with van der Waals surface area (Å²) in [5.41, 5.74) is 0. The quantitative estimate of drug-likeness (QED) is 0.677. The van der Waals surface area contributed by atoms with E-state index in [9.17, 15) is 13.2 Å². The zero-order chi connectivity index (χ0) is 8.65. The van der Waals surface area contributed by atoms with Gasteiger partial charge in [0.05, 0.1) is 22.9 Å². The molecule has 62 valence electrons. The van der Waals surface area contributed by atoms with Crippen molar-refractivity contribution < 1.29 is 13.2 Å². The lowest BCUT2D eigenvalue weighted by molar-refractivity contribution is -0.144. The van der Waals surface area contributed by atoms with Gasteiger partial charge >= 0.3 is 6.18 Å². The maximum atomic E-state index is 11.8. The lowest BCUT2D eigenvalue weighted by Gasteiger charge is -1.96. The Bertz CT molecular complexity index is 247. The fourth-order valence-electron chi connectivity index (χ4n) is 0.492. The van der Waals surface area contributed by atoms with Gasteiger partial charge in [-0.15, -0.1) is 5.10 Å². The molecule has 0 unspecified atom stereocenters. The Morgan fingerprint density at radius 3 is 2.18 bits per heavy atom. The van der Waals surface area contributed by atoms with Gasteiger partial charge in [-0.2, -0.15) is 16.1 Å². The van der Waals surface area contributed by atoms with Crippen molar-refractivity contribution in [2.45, 2.75) is 13.1 Å². The van der Waals surface area contributed by atoms with Crippen LogP contribution in [0.2, 0.25) is 0 Å². The van der Waals surface area contributed by atoms with Crippen LogP contribution in [-0.4, -0.2) is 13.0 Å². The van der Waals surface area contributed by atoms with Crippen LogP contribution >= 0.6 is 22.9 Å². The molecular weight excluding hydrogens is 274 g/mol. The number of aryl methyl sites for hydroxylation is 1. The fourth-order valence-corrected chi connectivity index (χ4v) is 0.805. The molecule has 0 aromatic carbocycles. The Hall–Kier alpha value is -0.340. The Labute approximate surface area is 74.1 Å². The molecule has 0 amide bonds. The largest absolute Gasteiger partial charge is 0.453 e. The van der Waals surface area contributed by atoms with Crippen LogP contribution in [-0.2, 0) is 6.18 Å². The maximum Gasteiger partial charge on any atom is 0.453 e. The van der Waals surface area contributed by atoms with Gasteiger partial charge in [0.25, 0.3) is 5.82 Å². The van der Waals surface area contributed by atoms with Crippen LogP contribution in [0.1, 0.15) is 11.6 Å². The third-order valence-electron chi connectivity index (χ3n) is 0.971. The van der Waals surface area contributed by atoms with E-state index >= 15 is 0 Å². The standard InChI is InChI=1S/C4H3F3IN3/c1-2-9-3(4(5,6)7)10-11(2)8/h1H3. The maximum absolute atomic E-state index is 11.8. The predicted octanol–water partition coefficient (Wildman–Crippen LogP) is 1.80. The van der Waals surface area contributed by atoms with Crippen molar-refractivity contribution in [2.24, 2.45) is 0 Å². The Morgan fingerprint density at radius 2 is 2.00 bits per heavy atom. The lowest BCUT2D eigenvalue weighted by atomic mass is 10.6. The van der Waals surface area contributed by atoms with Crippen LogP contribution in [0.15, 0.2) is 0 Å². The summed E-state index contributed by atoms with van der Waals surface area (Å²) in [4.78, 5) is 3.20. The second-order valence-electron chi connectivity index (χ2n) is 1.84. The van der Waals surface area contributed by atoms with Crippen molar-refractivity contribution in [3.8, 4) is 0 Å². The van der Waals surface area contributed by atoms with E-state index < -0.39 is 12.0 Å². The fraction of sp³-hybridized carbons (Fsp3) is 0.500. The van der Waals surface area contributed by atoms with E-state index in [0.29, 0.717) is 0 Å². The predicted molar refractivity (Wildman–Crippen MR) is 39.2 cm³/mol. The van der Waals surface area contributed by atoms with E-state index in [1.807, 2.05) is 0 Å². The van der Waals surface area contributed by atoms with E-state index in [-0.39, 0.29) is 5.82 Å². The summed E-state index contributed by atoms with van der Waals surface area (Å²) >= 11 is 1.63. The topological polar surface area (TPSA) is 30.7 Å². The molecule has 3 nitrogen and oxygen atoms in total. The number of alkyl halides is 3. The molecule has 0 atom stereocenters. The molecule has 7 heteroatoms. The zero-order valence-electron chi connectivity index (χ0n) is 5.35. The highest BCUT2D eigenvalue weighted by Crippen LogP contribution is 2.26. The van der Waals surface area contributed by atoms with Crippen molar-refractivity contribution in [1.29, 1.82) is 0 Å². The van der Waals surface area contributed by atoms with E-state index in [1.165, 1.54) is 6.92 Å². The number of aromatic nitrogens is 3. The number of hydrogen-bond acceptors (Lipinski definition) is 2. The first kappa shape index (κ1) is 8.75.